The fourth-order valence-corrected chi connectivity index (χ4v) is 10.5. The van der Waals surface area contributed by atoms with E-state index in [1.54, 1.807) is 11.8 Å². The van der Waals surface area contributed by atoms with Crippen LogP contribution in [0, 0.1) is 40.4 Å². The number of hydrogen-bond acceptors (Lipinski definition) is 5. The van der Waals surface area contributed by atoms with Crippen LogP contribution in [-0.2, 0) is 19.1 Å². The molecule has 1 unspecified atom stereocenters. The molecule has 0 N–H and O–H groups in total. The molecule has 6 aliphatic rings. The predicted molar refractivity (Wildman–Crippen MR) is 119 cm³/mol. The lowest BCUT2D eigenvalue weighted by molar-refractivity contribution is -0.176. The SMILES string of the molecule is CCC(=O)S[C@H]1CC2=CC(=O)CC[C@]2(C)[C@H]2CC[C@@]3(C)[C@@H]([C@@H]4C[C@@H]4C34CCC(=O)O4)[C@H]12. The van der Waals surface area contributed by atoms with Gasteiger partial charge in [0.05, 0.1) is 0 Å². The molecule has 5 aliphatic carbocycles. The van der Waals surface area contributed by atoms with Gasteiger partial charge >= 0.3 is 5.97 Å². The van der Waals surface area contributed by atoms with Crippen molar-refractivity contribution in [3.63, 3.8) is 0 Å². The summed E-state index contributed by atoms with van der Waals surface area (Å²) in [6, 6.07) is 0. The Morgan fingerprint density at radius 3 is 2.68 bits per heavy atom. The first-order valence-corrected chi connectivity index (χ1v) is 13.3. The molecule has 0 aromatic rings. The van der Waals surface area contributed by atoms with Crippen molar-refractivity contribution < 1.29 is 19.1 Å². The van der Waals surface area contributed by atoms with E-state index in [0.717, 1.165) is 32.1 Å². The van der Waals surface area contributed by atoms with E-state index in [1.165, 1.54) is 12.0 Å². The molecule has 5 heteroatoms. The van der Waals surface area contributed by atoms with Crippen LogP contribution in [0.25, 0.3) is 0 Å². The van der Waals surface area contributed by atoms with Gasteiger partial charge in [0.2, 0.25) is 0 Å². The van der Waals surface area contributed by atoms with Crippen molar-refractivity contribution in [2.75, 3.05) is 0 Å². The minimum atomic E-state index is -0.256. The Balaban J connectivity index is 1.44. The van der Waals surface area contributed by atoms with Gasteiger partial charge in [-0.1, -0.05) is 38.1 Å². The first-order chi connectivity index (χ1) is 14.7. The Labute approximate surface area is 189 Å². The first-order valence-electron chi connectivity index (χ1n) is 12.4. The van der Waals surface area contributed by atoms with Gasteiger partial charge in [-0.15, -0.1) is 0 Å². The van der Waals surface area contributed by atoms with Crippen LogP contribution in [0.5, 0.6) is 0 Å². The summed E-state index contributed by atoms with van der Waals surface area (Å²) in [6.07, 6.45) is 9.85. The van der Waals surface area contributed by atoms with Crippen LogP contribution in [-0.4, -0.2) is 27.7 Å². The third-order valence-electron chi connectivity index (χ3n) is 10.7. The van der Waals surface area contributed by atoms with Crippen LogP contribution in [0.1, 0.15) is 78.6 Å². The normalized spacial score (nSPS) is 52.0. The van der Waals surface area contributed by atoms with Crippen molar-refractivity contribution in [2.45, 2.75) is 89.4 Å². The van der Waals surface area contributed by atoms with Gasteiger partial charge in [0.1, 0.15) is 5.60 Å². The van der Waals surface area contributed by atoms with Gasteiger partial charge in [0, 0.05) is 35.8 Å². The number of carbonyl (C=O) groups is 3. The molecule has 1 heterocycles. The zero-order chi connectivity index (χ0) is 21.8. The fraction of sp³-hybridized carbons (Fsp3) is 0.808. The average Bonchev–Trinajstić information content (AvgIpc) is 3.37. The Morgan fingerprint density at radius 2 is 1.97 bits per heavy atom. The van der Waals surface area contributed by atoms with Crippen molar-refractivity contribution >= 4 is 28.6 Å². The summed E-state index contributed by atoms with van der Waals surface area (Å²) in [5.41, 5.74) is 1.17. The lowest BCUT2D eigenvalue weighted by atomic mass is 9.45. The average molecular weight is 443 g/mol. The molecule has 0 aromatic heterocycles. The molecule has 0 radical (unpaired) electrons. The Hall–Kier alpha value is -1.10. The monoisotopic (exact) mass is 442 g/mol. The maximum atomic E-state index is 12.6. The van der Waals surface area contributed by atoms with E-state index >= 15 is 0 Å². The Morgan fingerprint density at radius 1 is 1.16 bits per heavy atom. The fourth-order valence-electron chi connectivity index (χ4n) is 9.22. The van der Waals surface area contributed by atoms with Gasteiger partial charge in [-0.2, -0.15) is 0 Å². The van der Waals surface area contributed by atoms with Gasteiger partial charge in [0.25, 0.3) is 0 Å². The highest BCUT2D eigenvalue weighted by Gasteiger charge is 2.79. The van der Waals surface area contributed by atoms with Crippen LogP contribution in [0.2, 0.25) is 0 Å². The number of allylic oxidation sites excluding steroid dienone is 1. The largest absolute Gasteiger partial charge is 0.458 e. The van der Waals surface area contributed by atoms with E-state index < -0.39 is 0 Å². The van der Waals surface area contributed by atoms with Gasteiger partial charge in [0.15, 0.2) is 10.9 Å². The highest BCUT2D eigenvalue weighted by Crippen LogP contribution is 2.79. The van der Waals surface area contributed by atoms with Crippen LogP contribution in [0.3, 0.4) is 0 Å². The molecule has 31 heavy (non-hydrogen) atoms. The van der Waals surface area contributed by atoms with Crippen LogP contribution in [0.15, 0.2) is 11.6 Å². The minimum absolute atomic E-state index is 0.00615. The third kappa shape index (κ3) is 2.53. The van der Waals surface area contributed by atoms with E-state index in [1.807, 2.05) is 13.0 Å². The number of ether oxygens (including phenoxy) is 1. The molecule has 168 valence electrons. The second-order valence-electron chi connectivity index (χ2n) is 11.7. The van der Waals surface area contributed by atoms with E-state index in [0.29, 0.717) is 48.9 Å². The van der Waals surface area contributed by atoms with Gasteiger partial charge in [-0.3, -0.25) is 14.4 Å². The lowest BCUT2D eigenvalue weighted by Crippen LogP contribution is -2.59. The van der Waals surface area contributed by atoms with Gasteiger partial charge in [-0.05, 0) is 73.7 Å². The number of carbonyl (C=O) groups excluding carboxylic acids is 3. The molecule has 5 fully saturated rings. The molecular weight excluding hydrogens is 408 g/mol. The van der Waals surface area contributed by atoms with E-state index in [-0.39, 0.29) is 38.5 Å². The number of ketones is 1. The predicted octanol–water partition coefficient (Wildman–Crippen LogP) is 5.10. The number of hydrogen-bond donors (Lipinski definition) is 0. The number of fused-ring (bicyclic) bond motifs is 9. The van der Waals surface area contributed by atoms with E-state index in [2.05, 4.69) is 13.8 Å². The summed E-state index contributed by atoms with van der Waals surface area (Å²) in [5.74, 6) is 2.95. The van der Waals surface area contributed by atoms with Gasteiger partial charge < -0.3 is 4.74 Å². The maximum Gasteiger partial charge on any atom is 0.306 e. The Kier molecular flexibility index (Phi) is 4.29. The summed E-state index contributed by atoms with van der Waals surface area (Å²) < 4.78 is 6.23. The molecule has 1 saturated heterocycles. The quantitative estimate of drug-likeness (QED) is 0.557. The van der Waals surface area contributed by atoms with Crippen molar-refractivity contribution in [3.05, 3.63) is 11.6 Å². The summed E-state index contributed by atoms with van der Waals surface area (Å²) in [4.78, 5) is 37.2. The molecule has 4 saturated carbocycles. The van der Waals surface area contributed by atoms with Crippen LogP contribution >= 0.6 is 11.8 Å². The van der Waals surface area contributed by atoms with Crippen molar-refractivity contribution in [1.29, 1.82) is 0 Å². The van der Waals surface area contributed by atoms with Crippen LogP contribution in [0.4, 0.5) is 0 Å². The van der Waals surface area contributed by atoms with Gasteiger partial charge in [-0.25, -0.2) is 0 Å². The Bertz CT molecular complexity index is 909. The zero-order valence-electron chi connectivity index (χ0n) is 18.9. The third-order valence-corrected chi connectivity index (χ3v) is 12.0. The molecule has 0 amide bonds. The molecular formula is C26H34O4S. The van der Waals surface area contributed by atoms with Crippen molar-refractivity contribution in [1.82, 2.24) is 0 Å². The number of thioether (sulfide) groups is 1. The molecule has 6 rings (SSSR count). The summed E-state index contributed by atoms with van der Waals surface area (Å²) in [5, 5.41) is 0.524. The molecule has 9 atom stereocenters. The molecule has 4 nitrogen and oxygen atoms in total. The zero-order valence-corrected chi connectivity index (χ0v) is 19.8. The number of esters is 1. The maximum absolute atomic E-state index is 12.6. The number of rotatable bonds is 2. The molecule has 1 spiro atoms. The second-order valence-corrected chi connectivity index (χ2v) is 13.0. The van der Waals surface area contributed by atoms with Crippen molar-refractivity contribution in [3.8, 4) is 0 Å². The first kappa shape index (κ1) is 20.5. The van der Waals surface area contributed by atoms with E-state index in [9.17, 15) is 14.4 Å². The van der Waals surface area contributed by atoms with E-state index in [4.69, 9.17) is 4.74 Å². The summed E-state index contributed by atoms with van der Waals surface area (Å²) in [7, 11) is 0. The summed E-state index contributed by atoms with van der Waals surface area (Å²) >= 11 is 1.56. The van der Waals surface area contributed by atoms with Crippen molar-refractivity contribution in [2.24, 2.45) is 40.4 Å². The highest BCUT2D eigenvalue weighted by atomic mass is 32.2. The minimum Gasteiger partial charge on any atom is -0.458 e. The summed E-state index contributed by atoms with van der Waals surface area (Å²) in [6.45, 7) is 6.77. The molecule has 1 aliphatic heterocycles. The topological polar surface area (TPSA) is 60.4 Å². The molecule has 0 bridgehead atoms. The standard InChI is InChI=1S/C26H34O4S/c1-4-21(29)31-19-12-14-11-15(27)5-8-24(14,2)17-6-9-25(3)23(22(17)19)16-13-18(16)26(25)10-7-20(28)30-26/h11,16-19,22-23H,4-10,12-13H2,1-3H3/t16-,17+,18+,19+,22+,23+,24+,25+,26?/m1/s1. The second kappa shape index (κ2) is 6.48. The lowest BCUT2D eigenvalue weighted by Gasteiger charge is -2.62. The molecule has 0 aromatic carbocycles. The van der Waals surface area contributed by atoms with Crippen LogP contribution < -0.4 is 0 Å². The smallest absolute Gasteiger partial charge is 0.306 e. The highest BCUT2D eigenvalue weighted by molar-refractivity contribution is 8.14.